The van der Waals surface area contributed by atoms with E-state index >= 15 is 0 Å². The summed E-state index contributed by atoms with van der Waals surface area (Å²) in [4.78, 5) is 4.35. The zero-order valence-corrected chi connectivity index (χ0v) is 10.0. The molecule has 1 N–H and O–H groups in total. The van der Waals surface area contributed by atoms with Gasteiger partial charge in [-0.25, -0.2) is 4.98 Å². The molecule has 0 saturated heterocycles. The van der Waals surface area contributed by atoms with Crippen LogP contribution in [0.3, 0.4) is 0 Å². The molecular weight excluding hydrogens is 198 g/mol. The van der Waals surface area contributed by atoms with Crippen LogP contribution in [-0.4, -0.2) is 15.6 Å². The average Bonchev–Trinajstić information content (AvgIpc) is 3.00. The summed E-state index contributed by atoms with van der Waals surface area (Å²) >= 11 is 0. The Morgan fingerprint density at radius 1 is 1.69 bits per heavy atom. The molecule has 1 unspecified atom stereocenters. The topological polar surface area (TPSA) is 29.9 Å². The van der Waals surface area contributed by atoms with Crippen LogP contribution in [0, 0.1) is 5.92 Å². The van der Waals surface area contributed by atoms with Gasteiger partial charge >= 0.3 is 0 Å². The number of nitrogens with zero attached hydrogens (tertiary/aromatic N) is 2. The standard InChI is InChI=1S/C13H21N3/c1-3-8-16-9-7-14-13(16)15-12(4-2)10-11-5-6-11/h3,7,9,11-12H,1,4-6,8,10H2,2H3,(H,14,15). The van der Waals surface area contributed by atoms with Gasteiger partial charge in [0.1, 0.15) is 0 Å². The highest BCUT2D eigenvalue weighted by Crippen LogP contribution is 2.34. The maximum Gasteiger partial charge on any atom is 0.203 e. The fraction of sp³-hybridized carbons (Fsp3) is 0.615. The molecule has 1 saturated carbocycles. The molecule has 1 atom stereocenters. The van der Waals surface area contributed by atoms with Crippen molar-refractivity contribution < 1.29 is 0 Å². The van der Waals surface area contributed by atoms with E-state index in [0.29, 0.717) is 6.04 Å². The smallest absolute Gasteiger partial charge is 0.203 e. The van der Waals surface area contributed by atoms with E-state index in [0.717, 1.165) is 24.8 Å². The van der Waals surface area contributed by atoms with Gasteiger partial charge in [-0.2, -0.15) is 0 Å². The molecular formula is C13H21N3. The fourth-order valence-electron chi connectivity index (χ4n) is 2.00. The van der Waals surface area contributed by atoms with Gasteiger partial charge in [0.15, 0.2) is 0 Å². The number of nitrogens with one attached hydrogen (secondary N) is 1. The van der Waals surface area contributed by atoms with Crippen LogP contribution < -0.4 is 5.32 Å². The van der Waals surface area contributed by atoms with E-state index in [1.165, 1.54) is 19.3 Å². The average molecular weight is 219 g/mol. The van der Waals surface area contributed by atoms with Gasteiger partial charge < -0.3 is 9.88 Å². The molecule has 2 rings (SSSR count). The minimum atomic E-state index is 0.568. The number of allylic oxidation sites excluding steroid dienone is 1. The summed E-state index contributed by atoms with van der Waals surface area (Å²) < 4.78 is 2.10. The van der Waals surface area contributed by atoms with E-state index in [1.807, 2.05) is 18.5 Å². The SMILES string of the molecule is C=CCn1ccnc1NC(CC)CC1CC1. The van der Waals surface area contributed by atoms with E-state index in [-0.39, 0.29) is 0 Å². The van der Waals surface area contributed by atoms with Crippen molar-refractivity contribution in [2.24, 2.45) is 5.92 Å². The lowest BCUT2D eigenvalue weighted by atomic mass is 10.1. The minimum absolute atomic E-state index is 0.568. The first kappa shape index (κ1) is 11.2. The zero-order chi connectivity index (χ0) is 11.4. The van der Waals surface area contributed by atoms with Crippen molar-refractivity contribution in [3.05, 3.63) is 25.0 Å². The molecule has 1 fully saturated rings. The molecule has 3 heteroatoms. The summed E-state index contributed by atoms with van der Waals surface area (Å²) in [6.07, 6.45) is 11.0. The number of rotatable bonds is 7. The van der Waals surface area contributed by atoms with Crippen LogP contribution in [0.2, 0.25) is 0 Å². The first-order valence-electron chi connectivity index (χ1n) is 6.22. The Morgan fingerprint density at radius 2 is 2.50 bits per heavy atom. The Balaban J connectivity index is 1.93. The number of anilines is 1. The second kappa shape index (κ2) is 5.19. The summed E-state index contributed by atoms with van der Waals surface area (Å²) in [7, 11) is 0. The summed E-state index contributed by atoms with van der Waals surface area (Å²) in [6.45, 7) is 6.82. The van der Waals surface area contributed by atoms with Gasteiger partial charge in [-0.1, -0.05) is 25.8 Å². The van der Waals surface area contributed by atoms with Crippen molar-refractivity contribution in [2.45, 2.75) is 45.2 Å². The molecule has 3 nitrogen and oxygen atoms in total. The number of imidazole rings is 1. The summed E-state index contributed by atoms with van der Waals surface area (Å²) in [6, 6.07) is 0.568. The van der Waals surface area contributed by atoms with Crippen molar-refractivity contribution in [3.8, 4) is 0 Å². The molecule has 16 heavy (non-hydrogen) atoms. The number of hydrogen-bond acceptors (Lipinski definition) is 2. The minimum Gasteiger partial charge on any atom is -0.353 e. The number of hydrogen-bond donors (Lipinski definition) is 1. The molecule has 0 bridgehead atoms. The molecule has 88 valence electrons. The zero-order valence-electron chi connectivity index (χ0n) is 10.0. The maximum absolute atomic E-state index is 4.35. The van der Waals surface area contributed by atoms with E-state index in [1.54, 1.807) is 0 Å². The lowest BCUT2D eigenvalue weighted by Crippen LogP contribution is -2.21. The van der Waals surface area contributed by atoms with Gasteiger partial charge in [-0.3, -0.25) is 0 Å². The van der Waals surface area contributed by atoms with Gasteiger partial charge in [-0.15, -0.1) is 6.58 Å². The van der Waals surface area contributed by atoms with Gasteiger partial charge in [0.25, 0.3) is 0 Å². The third kappa shape index (κ3) is 2.87. The van der Waals surface area contributed by atoms with E-state index < -0.39 is 0 Å². The second-order valence-electron chi connectivity index (χ2n) is 4.62. The van der Waals surface area contributed by atoms with Crippen LogP contribution in [0.5, 0.6) is 0 Å². The molecule has 1 heterocycles. The highest BCUT2D eigenvalue weighted by atomic mass is 15.2. The predicted octanol–water partition coefficient (Wildman–Crippen LogP) is 3.06. The van der Waals surface area contributed by atoms with Gasteiger partial charge in [-0.05, 0) is 18.8 Å². The molecule has 0 radical (unpaired) electrons. The summed E-state index contributed by atoms with van der Waals surface area (Å²) in [5, 5.41) is 3.54. The Labute approximate surface area is 97.6 Å². The third-order valence-electron chi connectivity index (χ3n) is 3.18. The predicted molar refractivity (Wildman–Crippen MR) is 67.5 cm³/mol. The summed E-state index contributed by atoms with van der Waals surface area (Å²) in [5.74, 6) is 1.94. The molecule has 0 spiro atoms. The number of aromatic nitrogens is 2. The lowest BCUT2D eigenvalue weighted by Gasteiger charge is -2.17. The van der Waals surface area contributed by atoms with Crippen LogP contribution in [0.1, 0.15) is 32.6 Å². The molecule has 0 amide bonds. The Morgan fingerprint density at radius 3 is 3.12 bits per heavy atom. The van der Waals surface area contributed by atoms with Crippen molar-refractivity contribution in [3.63, 3.8) is 0 Å². The molecule has 0 aromatic carbocycles. The van der Waals surface area contributed by atoms with Gasteiger partial charge in [0.2, 0.25) is 5.95 Å². The van der Waals surface area contributed by atoms with E-state index in [2.05, 4.69) is 28.4 Å². The van der Waals surface area contributed by atoms with Crippen molar-refractivity contribution in [2.75, 3.05) is 5.32 Å². The monoisotopic (exact) mass is 219 g/mol. The molecule has 0 aliphatic heterocycles. The first-order valence-corrected chi connectivity index (χ1v) is 6.22. The van der Waals surface area contributed by atoms with E-state index in [4.69, 9.17) is 0 Å². The van der Waals surface area contributed by atoms with Crippen LogP contribution in [0.25, 0.3) is 0 Å². The van der Waals surface area contributed by atoms with Gasteiger partial charge in [0.05, 0.1) is 0 Å². The van der Waals surface area contributed by atoms with Crippen molar-refractivity contribution >= 4 is 5.95 Å². The van der Waals surface area contributed by atoms with Crippen LogP contribution in [0.4, 0.5) is 5.95 Å². The second-order valence-corrected chi connectivity index (χ2v) is 4.62. The normalized spacial score (nSPS) is 17.1. The van der Waals surface area contributed by atoms with Crippen LogP contribution in [0.15, 0.2) is 25.0 Å². The fourth-order valence-corrected chi connectivity index (χ4v) is 2.00. The summed E-state index contributed by atoms with van der Waals surface area (Å²) in [5.41, 5.74) is 0. The third-order valence-corrected chi connectivity index (χ3v) is 3.18. The first-order chi connectivity index (χ1) is 7.83. The van der Waals surface area contributed by atoms with Crippen LogP contribution >= 0.6 is 0 Å². The van der Waals surface area contributed by atoms with Crippen LogP contribution in [-0.2, 0) is 6.54 Å². The Hall–Kier alpha value is -1.25. The maximum atomic E-state index is 4.35. The highest BCUT2D eigenvalue weighted by Gasteiger charge is 2.25. The highest BCUT2D eigenvalue weighted by molar-refractivity contribution is 5.28. The quantitative estimate of drug-likeness (QED) is 0.714. The van der Waals surface area contributed by atoms with Crippen molar-refractivity contribution in [1.82, 2.24) is 9.55 Å². The molecule has 1 aliphatic rings. The van der Waals surface area contributed by atoms with Gasteiger partial charge in [0, 0.05) is 25.0 Å². The molecule has 1 aromatic rings. The largest absolute Gasteiger partial charge is 0.353 e. The molecule has 1 aliphatic carbocycles. The molecule has 1 aromatic heterocycles. The lowest BCUT2D eigenvalue weighted by molar-refractivity contribution is 0.579. The Kier molecular flexibility index (Phi) is 3.65. The van der Waals surface area contributed by atoms with Crippen molar-refractivity contribution in [1.29, 1.82) is 0 Å². The Bertz CT molecular complexity index is 339. The van der Waals surface area contributed by atoms with E-state index in [9.17, 15) is 0 Å².